The molecule has 3 rings (SSSR count). The van der Waals surface area contributed by atoms with E-state index in [1.807, 2.05) is 0 Å². The van der Waals surface area contributed by atoms with Crippen molar-refractivity contribution in [1.82, 2.24) is 4.98 Å². The molecule has 0 radical (unpaired) electrons. The van der Waals surface area contributed by atoms with Crippen LogP contribution in [0.4, 0.5) is 21.6 Å². The summed E-state index contributed by atoms with van der Waals surface area (Å²) in [5.74, 6) is -0.816. The smallest absolute Gasteiger partial charge is 0.337 e. The molecule has 8 heteroatoms. The minimum absolute atomic E-state index is 0.323. The van der Waals surface area contributed by atoms with Gasteiger partial charge in [0.25, 0.3) is 5.91 Å². The van der Waals surface area contributed by atoms with E-state index in [1.165, 1.54) is 37.6 Å². The van der Waals surface area contributed by atoms with Gasteiger partial charge in [-0.1, -0.05) is 11.6 Å². The van der Waals surface area contributed by atoms with Gasteiger partial charge in [-0.25, -0.2) is 14.2 Å². The third-order valence-corrected chi connectivity index (χ3v) is 4.11. The first-order valence-corrected chi connectivity index (χ1v) is 8.52. The van der Waals surface area contributed by atoms with Gasteiger partial charge in [-0.15, -0.1) is 0 Å². The second-order valence-electron chi connectivity index (χ2n) is 5.70. The van der Waals surface area contributed by atoms with Crippen molar-refractivity contribution in [2.24, 2.45) is 0 Å². The number of nitrogens with one attached hydrogen (secondary N) is 2. The standard InChI is InChI=1S/C20H15ClFN3O3/c1-28-20(27)12-2-8-16(21)17(10-12)25-18-9-3-13(11-23-18)19(26)24-15-6-4-14(22)5-7-15/h2-11H,1H3,(H,23,25)(H,24,26). The number of esters is 1. The number of nitrogens with zero attached hydrogens (tertiary/aromatic N) is 1. The summed E-state index contributed by atoms with van der Waals surface area (Å²) in [4.78, 5) is 28.1. The maximum Gasteiger partial charge on any atom is 0.337 e. The molecule has 0 atom stereocenters. The predicted molar refractivity (Wildman–Crippen MR) is 105 cm³/mol. The molecule has 0 aliphatic rings. The van der Waals surface area contributed by atoms with Crippen LogP contribution >= 0.6 is 11.6 Å². The average molecular weight is 400 g/mol. The van der Waals surface area contributed by atoms with Crippen molar-refractivity contribution in [2.75, 3.05) is 17.7 Å². The predicted octanol–water partition coefficient (Wildman–Crippen LogP) is 4.66. The Balaban J connectivity index is 1.71. The summed E-state index contributed by atoms with van der Waals surface area (Å²) in [5, 5.41) is 6.04. The topological polar surface area (TPSA) is 80.3 Å². The molecule has 0 saturated carbocycles. The van der Waals surface area contributed by atoms with Crippen molar-refractivity contribution < 1.29 is 18.7 Å². The third kappa shape index (κ3) is 4.63. The van der Waals surface area contributed by atoms with Crippen LogP contribution in [0.2, 0.25) is 5.02 Å². The number of pyridine rings is 1. The molecule has 1 heterocycles. The highest BCUT2D eigenvalue weighted by Gasteiger charge is 2.11. The lowest BCUT2D eigenvalue weighted by molar-refractivity contribution is 0.0600. The minimum Gasteiger partial charge on any atom is -0.465 e. The van der Waals surface area contributed by atoms with Crippen molar-refractivity contribution in [1.29, 1.82) is 0 Å². The SMILES string of the molecule is COC(=O)c1ccc(Cl)c(Nc2ccc(C(=O)Nc3ccc(F)cc3)cn2)c1. The monoisotopic (exact) mass is 399 g/mol. The molecule has 0 bridgehead atoms. The summed E-state index contributed by atoms with van der Waals surface area (Å²) in [6.07, 6.45) is 1.39. The Hall–Kier alpha value is -3.45. The van der Waals surface area contributed by atoms with Crippen molar-refractivity contribution in [3.05, 3.63) is 82.8 Å². The number of methoxy groups -OCH3 is 1. The van der Waals surface area contributed by atoms with E-state index < -0.39 is 5.97 Å². The molecular weight excluding hydrogens is 385 g/mol. The number of rotatable bonds is 5. The number of carbonyl (C=O) groups is 2. The molecule has 1 amide bonds. The fourth-order valence-electron chi connectivity index (χ4n) is 2.34. The second-order valence-corrected chi connectivity index (χ2v) is 6.11. The largest absolute Gasteiger partial charge is 0.465 e. The van der Waals surface area contributed by atoms with Gasteiger partial charge in [-0.3, -0.25) is 4.79 Å². The van der Waals surface area contributed by atoms with Crippen LogP contribution in [0.15, 0.2) is 60.8 Å². The first-order chi connectivity index (χ1) is 13.5. The van der Waals surface area contributed by atoms with E-state index in [4.69, 9.17) is 11.6 Å². The third-order valence-electron chi connectivity index (χ3n) is 3.78. The van der Waals surface area contributed by atoms with Crippen LogP contribution in [-0.2, 0) is 4.74 Å². The normalized spacial score (nSPS) is 10.2. The number of hydrogen-bond acceptors (Lipinski definition) is 5. The van der Waals surface area contributed by atoms with Gasteiger partial charge in [0.15, 0.2) is 0 Å². The second kappa shape index (κ2) is 8.49. The van der Waals surface area contributed by atoms with Gasteiger partial charge in [0.2, 0.25) is 0 Å². The van der Waals surface area contributed by atoms with Crippen LogP contribution in [0.5, 0.6) is 0 Å². The van der Waals surface area contributed by atoms with Crippen LogP contribution < -0.4 is 10.6 Å². The lowest BCUT2D eigenvalue weighted by Gasteiger charge is -2.10. The Labute approximate surface area is 165 Å². The quantitative estimate of drug-likeness (QED) is 0.610. The maximum absolute atomic E-state index is 12.9. The molecule has 28 heavy (non-hydrogen) atoms. The molecule has 2 aromatic carbocycles. The zero-order valence-corrected chi connectivity index (χ0v) is 15.5. The van der Waals surface area contributed by atoms with E-state index in [0.717, 1.165) is 0 Å². The molecule has 2 N–H and O–H groups in total. The Morgan fingerprint density at radius 3 is 2.39 bits per heavy atom. The number of ether oxygens (including phenoxy) is 1. The van der Waals surface area contributed by atoms with Gasteiger partial charge in [0.05, 0.1) is 28.9 Å². The van der Waals surface area contributed by atoms with Gasteiger partial charge in [0, 0.05) is 11.9 Å². The number of benzene rings is 2. The molecule has 1 aromatic heterocycles. The lowest BCUT2D eigenvalue weighted by atomic mass is 10.2. The van der Waals surface area contributed by atoms with Crippen molar-refractivity contribution >= 4 is 40.7 Å². The maximum atomic E-state index is 12.9. The van der Waals surface area contributed by atoms with Crippen molar-refractivity contribution in [2.45, 2.75) is 0 Å². The Morgan fingerprint density at radius 2 is 1.75 bits per heavy atom. The van der Waals surface area contributed by atoms with Gasteiger partial charge < -0.3 is 15.4 Å². The zero-order valence-electron chi connectivity index (χ0n) is 14.7. The highest BCUT2D eigenvalue weighted by molar-refractivity contribution is 6.33. The number of hydrogen-bond donors (Lipinski definition) is 2. The van der Waals surface area contributed by atoms with E-state index >= 15 is 0 Å². The van der Waals surface area contributed by atoms with Gasteiger partial charge in [-0.2, -0.15) is 0 Å². The van der Waals surface area contributed by atoms with E-state index in [0.29, 0.717) is 33.3 Å². The van der Waals surface area contributed by atoms with Gasteiger partial charge in [-0.05, 0) is 54.6 Å². The molecule has 0 aliphatic heterocycles. The summed E-state index contributed by atoms with van der Waals surface area (Å²) in [6, 6.07) is 13.3. The van der Waals surface area contributed by atoms with E-state index in [2.05, 4.69) is 20.4 Å². The van der Waals surface area contributed by atoms with Gasteiger partial charge in [0.1, 0.15) is 11.6 Å². The van der Waals surface area contributed by atoms with Crippen LogP contribution in [-0.4, -0.2) is 24.0 Å². The van der Waals surface area contributed by atoms with Crippen molar-refractivity contribution in [3.8, 4) is 0 Å². The van der Waals surface area contributed by atoms with Crippen molar-refractivity contribution in [3.63, 3.8) is 0 Å². The van der Waals surface area contributed by atoms with E-state index in [9.17, 15) is 14.0 Å². The molecule has 3 aromatic rings. The molecule has 0 unspecified atom stereocenters. The number of anilines is 3. The fraction of sp³-hybridized carbons (Fsp3) is 0.0500. The molecular formula is C20H15ClFN3O3. The number of amides is 1. The Kier molecular flexibility index (Phi) is 5.86. The highest BCUT2D eigenvalue weighted by atomic mass is 35.5. The molecule has 142 valence electrons. The van der Waals surface area contributed by atoms with E-state index in [-0.39, 0.29) is 11.7 Å². The Bertz CT molecular complexity index is 1010. The molecule has 0 spiro atoms. The summed E-state index contributed by atoms with van der Waals surface area (Å²) in [7, 11) is 1.29. The first-order valence-electron chi connectivity index (χ1n) is 8.14. The van der Waals surface area contributed by atoms with Crippen LogP contribution in [0.25, 0.3) is 0 Å². The zero-order chi connectivity index (χ0) is 20.1. The first kappa shape index (κ1) is 19.3. The van der Waals surface area contributed by atoms with Gasteiger partial charge >= 0.3 is 5.97 Å². The van der Waals surface area contributed by atoms with Crippen LogP contribution in [0.1, 0.15) is 20.7 Å². The molecule has 0 fully saturated rings. The fourth-order valence-corrected chi connectivity index (χ4v) is 2.51. The lowest BCUT2D eigenvalue weighted by Crippen LogP contribution is -2.12. The summed E-state index contributed by atoms with van der Waals surface area (Å²) in [5.41, 5.74) is 1.61. The van der Waals surface area contributed by atoms with Crippen LogP contribution in [0.3, 0.4) is 0 Å². The number of aromatic nitrogens is 1. The molecule has 6 nitrogen and oxygen atoms in total. The summed E-state index contributed by atoms with van der Waals surface area (Å²) < 4.78 is 17.6. The number of halogens is 2. The molecule has 0 aliphatic carbocycles. The summed E-state index contributed by atoms with van der Waals surface area (Å²) >= 11 is 6.14. The van der Waals surface area contributed by atoms with E-state index in [1.54, 1.807) is 30.3 Å². The molecule has 0 saturated heterocycles. The summed E-state index contributed by atoms with van der Waals surface area (Å²) in [6.45, 7) is 0. The number of carbonyl (C=O) groups excluding carboxylic acids is 2. The highest BCUT2D eigenvalue weighted by Crippen LogP contribution is 2.26. The van der Waals surface area contributed by atoms with Crippen LogP contribution in [0, 0.1) is 5.82 Å². The average Bonchev–Trinajstić information content (AvgIpc) is 2.71. The minimum atomic E-state index is -0.486. The Morgan fingerprint density at radius 1 is 1.04 bits per heavy atom.